The number of amides is 1. The van der Waals surface area contributed by atoms with E-state index in [2.05, 4.69) is 10.6 Å². The molecule has 0 spiro atoms. The van der Waals surface area contributed by atoms with E-state index < -0.39 is 5.82 Å². The van der Waals surface area contributed by atoms with Crippen molar-refractivity contribution in [3.63, 3.8) is 0 Å². The van der Waals surface area contributed by atoms with E-state index in [1.54, 1.807) is 12.1 Å². The summed E-state index contributed by atoms with van der Waals surface area (Å²) in [6, 6.07) is 10.1. The molecular weight excluding hydrogens is 291 g/mol. The number of hydrogen-bond acceptors (Lipinski definition) is 2. The minimum Gasteiger partial charge on any atom is -0.385 e. The molecule has 0 atom stereocenters. The second-order valence-corrected chi connectivity index (χ2v) is 5.32. The summed E-state index contributed by atoms with van der Waals surface area (Å²) in [6.45, 7) is 0.904. The minimum absolute atomic E-state index is 0.00967. The first-order valence-electron chi connectivity index (χ1n) is 6.78. The Balaban J connectivity index is 1.91. The van der Waals surface area contributed by atoms with Gasteiger partial charge in [-0.15, -0.1) is 0 Å². The maximum atomic E-state index is 13.9. The van der Waals surface area contributed by atoms with E-state index in [0.29, 0.717) is 5.56 Å². The average molecular weight is 305 g/mol. The molecule has 2 aromatic carbocycles. The lowest BCUT2D eigenvalue weighted by Gasteiger charge is -2.20. The summed E-state index contributed by atoms with van der Waals surface area (Å²) in [5.74, 6) is -0.938. The average Bonchev–Trinajstić information content (AvgIpc) is 2.51. The Labute approximate surface area is 127 Å². The van der Waals surface area contributed by atoms with Gasteiger partial charge < -0.3 is 10.6 Å². The van der Waals surface area contributed by atoms with Crippen LogP contribution in [-0.4, -0.2) is 12.5 Å². The van der Waals surface area contributed by atoms with E-state index in [-0.39, 0.29) is 16.6 Å². The van der Waals surface area contributed by atoms with Crippen molar-refractivity contribution in [3.8, 4) is 0 Å². The van der Waals surface area contributed by atoms with Crippen LogP contribution in [0.1, 0.15) is 22.3 Å². The molecule has 1 amide bonds. The van der Waals surface area contributed by atoms with E-state index in [4.69, 9.17) is 11.6 Å². The van der Waals surface area contributed by atoms with Gasteiger partial charge in [0.15, 0.2) is 5.82 Å². The topological polar surface area (TPSA) is 41.1 Å². The van der Waals surface area contributed by atoms with Crippen molar-refractivity contribution in [2.75, 3.05) is 17.2 Å². The SMILES string of the molecule is O=C(Nc1cccc(Cl)c1F)c1cccc2c1CCCN2. The molecule has 3 rings (SSSR count). The highest BCUT2D eigenvalue weighted by atomic mass is 35.5. The minimum atomic E-state index is -0.615. The molecule has 0 bridgehead atoms. The number of fused-ring (bicyclic) bond motifs is 1. The normalized spacial score (nSPS) is 13.2. The standard InChI is InChI=1S/C16H14ClFN2O/c17-12-6-2-8-14(15(12)18)20-16(21)11-4-1-7-13-10(11)5-3-9-19-13/h1-2,4,6-8,19H,3,5,9H2,(H,20,21). The number of carbonyl (C=O) groups is 1. The number of hydrogen-bond donors (Lipinski definition) is 2. The highest BCUT2D eigenvalue weighted by Crippen LogP contribution is 2.27. The third-order valence-electron chi connectivity index (χ3n) is 3.54. The Kier molecular flexibility index (Phi) is 3.80. The van der Waals surface area contributed by atoms with Crippen LogP contribution in [0, 0.1) is 5.82 Å². The van der Waals surface area contributed by atoms with Crippen LogP contribution >= 0.6 is 11.6 Å². The molecule has 0 fully saturated rings. The van der Waals surface area contributed by atoms with Crippen LogP contribution < -0.4 is 10.6 Å². The molecule has 21 heavy (non-hydrogen) atoms. The molecule has 0 unspecified atom stereocenters. The van der Waals surface area contributed by atoms with Gasteiger partial charge in [0, 0.05) is 17.8 Å². The van der Waals surface area contributed by atoms with Gasteiger partial charge in [-0.2, -0.15) is 0 Å². The smallest absolute Gasteiger partial charge is 0.256 e. The molecule has 0 radical (unpaired) electrons. The first kappa shape index (κ1) is 13.9. The quantitative estimate of drug-likeness (QED) is 0.877. The van der Waals surface area contributed by atoms with Crippen molar-refractivity contribution in [3.05, 3.63) is 58.4 Å². The zero-order chi connectivity index (χ0) is 14.8. The fourth-order valence-corrected chi connectivity index (χ4v) is 2.69. The van der Waals surface area contributed by atoms with Gasteiger partial charge in [0.25, 0.3) is 5.91 Å². The summed E-state index contributed by atoms with van der Waals surface area (Å²) in [4.78, 5) is 12.4. The van der Waals surface area contributed by atoms with Crippen molar-refractivity contribution in [1.29, 1.82) is 0 Å². The van der Waals surface area contributed by atoms with Crippen LogP contribution in [0.25, 0.3) is 0 Å². The highest BCUT2D eigenvalue weighted by molar-refractivity contribution is 6.31. The molecule has 0 saturated heterocycles. The molecule has 1 aliphatic rings. The van der Waals surface area contributed by atoms with Crippen LogP contribution in [0.2, 0.25) is 5.02 Å². The molecule has 2 aromatic rings. The van der Waals surface area contributed by atoms with Crippen LogP contribution in [0.15, 0.2) is 36.4 Å². The Bertz CT molecular complexity index is 703. The van der Waals surface area contributed by atoms with Crippen LogP contribution in [-0.2, 0) is 6.42 Å². The lowest BCUT2D eigenvalue weighted by molar-refractivity contribution is 0.102. The Hall–Kier alpha value is -2.07. The van der Waals surface area contributed by atoms with Crippen molar-refractivity contribution in [1.82, 2.24) is 0 Å². The second-order valence-electron chi connectivity index (χ2n) is 4.92. The molecule has 108 valence electrons. The monoisotopic (exact) mass is 304 g/mol. The third-order valence-corrected chi connectivity index (χ3v) is 3.83. The lowest BCUT2D eigenvalue weighted by Crippen LogP contribution is -2.19. The van der Waals surface area contributed by atoms with E-state index in [1.165, 1.54) is 12.1 Å². The van der Waals surface area contributed by atoms with Crippen molar-refractivity contribution in [2.24, 2.45) is 0 Å². The summed E-state index contributed by atoms with van der Waals surface area (Å²) < 4.78 is 13.9. The maximum absolute atomic E-state index is 13.9. The Morgan fingerprint density at radius 1 is 1.24 bits per heavy atom. The molecule has 0 aromatic heterocycles. The largest absolute Gasteiger partial charge is 0.385 e. The van der Waals surface area contributed by atoms with E-state index >= 15 is 0 Å². The highest BCUT2D eigenvalue weighted by Gasteiger charge is 2.18. The zero-order valence-electron chi connectivity index (χ0n) is 11.2. The Morgan fingerprint density at radius 3 is 2.90 bits per heavy atom. The fraction of sp³-hybridized carbons (Fsp3) is 0.188. The summed E-state index contributed by atoms with van der Waals surface area (Å²) in [7, 11) is 0. The molecule has 3 nitrogen and oxygen atoms in total. The third kappa shape index (κ3) is 2.72. The number of nitrogens with one attached hydrogen (secondary N) is 2. The van der Waals surface area contributed by atoms with E-state index in [1.807, 2.05) is 12.1 Å². The second kappa shape index (κ2) is 5.74. The van der Waals surface area contributed by atoms with Crippen LogP contribution in [0.5, 0.6) is 0 Å². The van der Waals surface area contributed by atoms with Crippen molar-refractivity contribution >= 4 is 28.9 Å². The van der Waals surface area contributed by atoms with Crippen molar-refractivity contribution in [2.45, 2.75) is 12.8 Å². The molecule has 1 aliphatic heterocycles. The number of anilines is 2. The van der Waals surface area contributed by atoms with Gasteiger partial charge in [0.05, 0.1) is 10.7 Å². The predicted octanol–water partition coefficient (Wildman–Crippen LogP) is 4.09. The summed E-state index contributed by atoms with van der Waals surface area (Å²) in [6.07, 6.45) is 1.81. The van der Waals surface area contributed by atoms with Crippen molar-refractivity contribution < 1.29 is 9.18 Å². The number of benzene rings is 2. The number of halogens is 2. The predicted molar refractivity (Wildman–Crippen MR) is 82.6 cm³/mol. The molecule has 5 heteroatoms. The molecular formula is C16H14ClFN2O. The zero-order valence-corrected chi connectivity index (χ0v) is 12.0. The van der Waals surface area contributed by atoms with E-state index in [0.717, 1.165) is 30.6 Å². The first-order chi connectivity index (χ1) is 10.2. The van der Waals surface area contributed by atoms with Gasteiger partial charge in [-0.25, -0.2) is 4.39 Å². The first-order valence-corrected chi connectivity index (χ1v) is 7.16. The van der Waals surface area contributed by atoms with Gasteiger partial charge in [-0.05, 0) is 42.7 Å². The lowest BCUT2D eigenvalue weighted by atomic mass is 9.97. The summed E-state index contributed by atoms with van der Waals surface area (Å²) >= 11 is 5.72. The molecule has 0 saturated carbocycles. The van der Waals surface area contributed by atoms with Gasteiger partial charge in [0.1, 0.15) is 0 Å². The molecule has 2 N–H and O–H groups in total. The fourth-order valence-electron chi connectivity index (χ4n) is 2.51. The summed E-state index contributed by atoms with van der Waals surface area (Å²) in [5, 5.41) is 5.85. The number of rotatable bonds is 2. The van der Waals surface area contributed by atoms with E-state index in [9.17, 15) is 9.18 Å². The summed E-state index contributed by atoms with van der Waals surface area (Å²) in [5.41, 5.74) is 2.61. The van der Waals surface area contributed by atoms with Crippen LogP contribution in [0.3, 0.4) is 0 Å². The number of carbonyl (C=O) groups excluding carboxylic acids is 1. The Morgan fingerprint density at radius 2 is 2.05 bits per heavy atom. The van der Waals surface area contributed by atoms with Gasteiger partial charge in [0.2, 0.25) is 0 Å². The van der Waals surface area contributed by atoms with Gasteiger partial charge in [-0.1, -0.05) is 23.7 Å². The van der Waals surface area contributed by atoms with Gasteiger partial charge in [-0.3, -0.25) is 4.79 Å². The molecule has 0 aliphatic carbocycles. The van der Waals surface area contributed by atoms with Crippen LogP contribution in [0.4, 0.5) is 15.8 Å². The molecule has 1 heterocycles. The van der Waals surface area contributed by atoms with Gasteiger partial charge >= 0.3 is 0 Å². The maximum Gasteiger partial charge on any atom is 0.256 e.